The minimum absolute atomic E-state index is 0.187. The average molecular weight is 172 g/mol. The van der Waals surface area contributed by atoms with Crippen LogP contribution in [-0.4, -0.2) is 25.3 Å². The van der Waals surface area contributed by atoms with E-state index in [4.69, 9.17) is 5.73 Å². The number of carbonyl (C=O) groups excluding carboxylic acids is 1. The molecule has 1 fully saturated rings. The third kappa shape index (κ3) is 1.88. The number of nitrogens with two attached hydrogens (primary N) is 1. The predicted molar refractivity (Wildman–Crippen MR) is 45.8 cm³/mol. The van der Waals surface area contributed by atoms with Gasteiger partial charge in [0, 0.05) is 6.54 Å². The van der Waals surface area contributed by atoms with Crippen molar-refractivity contribution in [2.75, 3.05) is 13.7 Å². The third-order valence-electron chi connectivity index (χ3n) is 2.50. The van der Waals surface area contributed by atoms with E-state index >= 15 is 0 Å². The van der Waals surface area contributed by atoms with Crippen LogP contribution in [0.15, 0.2) is 0 Å². The van der Waals surface area contributed by atoms with Crippen molar-refractivity contribution in [2.45, 2.75) is 31.2 Å². The first-order valence-electron chi connectivity index (χ1n) is 4.29. The number of nitrogens with one attached hydrogen (secondary N) is 1. The number of rotatable bonds is 2. The summed E-state index contributed by atoms with van der Waals surface area (Å²) in [6.45, 7) is 0.502. The molecule has 1 aliphatic carbocycles. The molecule has 4 heteroatoms. The lowest BCUT2D eigenvalue weighted by atomic mass is 9.98. The van der Waals surface area contributed by atoms with Gasteiger partial charge in [0.05, 0.1) is 12.6 Å². The smallest absolute Gasteiger partial charge is 0.407 e. The van der Waals surface area contributed by atoms with Gasteiger partial charge in [0.15, 0.2) is 0 Å². The Hall–Kier alpha value is -0.770. The third-order valence-corrected chi connectivity index (χ3v) is 2.50. The second-order valence-corrected chi connectivity index (χ2v) is 3.31. The van der Waals surface area contributed by atoms with Crippen LogP contribution in [-0.2, 0) is 4.74 Å². The van der Waals surface area contributed by atoms with Crippen LogP contribution in [0.3, 0.4) is 0 Å². The molecule has 0 aromatic rings. The highest BCUT2D eigenvalue weighted by Crippen LogP contribution is 2.28. The van der Waals surface area contributed by atoms with Gasteiger partial charge in [0.2, 0.25) is 0 Å². The maximum atomic E-state index is 10.9. The molecule has 1 amide bonds. The second-order valence-electron chi connectivity index (χ2n) is 3.31. The Balaban J connectivity index is 2.49. The normalized spacial score (nSPS) is 20.5. The Morgan fingerprint density at radius 3 is 2.58 bits per heavy atom. The molecule has 0 aromatic heterocycles. The highest BCUT2D eigenvalue weighted by molar-refractivity contribution is 5.68. The molecule has 1 rings (SSSR count). The largest absolute Gasteiger partial charge is 0.453 e. The number of hydrogen-bond donors (Lipinski definition) is 2. The van der Waals surface area contributed by atoms with Gasteiger partial charge >= 0.3 is 6.09 Å². The fraction of sp³-hybridized carbons (Fsp3) is 0.875. The Kier molecular flexibility index (Phi) is 2.92. The van der Waals surface area contributed by atoms with Gasteiger partial charge in [-0.25, -0.2) is 4.79 Å². The van der Waals surface area contributed by atoms with E-state index in [-0.39, 0.29) is 11.6 Å². The minimum atomic E-state index is -0.373. The van der Waals surface area contributed by atoms with Crippen LogP contribution in [0.2, 0.25) is 0 Å². The first kappa shape index (κ1) is 9.32. The topological polar surface area (TPSA) is 64.3 Å². The Bertz CT molecular complexity index is 164. The molecule has 3 N–H and O–H groups in total. The standard InChI is InChI=1S/C8H16N2O2/c1-12-7(11)10-8(6-9)4-2-3-5-8/h2-6,9H2,1H3,(H,10,11). The van der Waals surface area contributed by atoms with Gasteiger partial charge in [-0.15, -0.1) is 0 Å². The van der Waals surface area contributed by atoms with E-state index < -0.39 is 0 Å². The molecule has 1 saturated carbocycles. The molecule has 0 aliphatic heterocycles. The summed E-state index contributed by atoms with van der Waals surface area (Å²) in [5, 5.41) is 2.81. The first-order chi connectivity index (χ1) is 5.72. The highest BCUT2D eigenvalue weighted by Gasteiger charge is 2.34. The summed E-state index contributed by atoms with van der Waals surface area (Å²) in [5.74, 6) is 0. The lowest BCUT2D eigenvalue weighted by Gasteiger charge is -2.27. The van der Waals surface area contributed by atoms with Crippen LogP contribution in [0.25, 0.3) is 0 Å². The number of methoxy groups -OCH3 is 1. The van der Waals surface area contributed by atoms with Gasteiger partial charge < -0.3 is 15.8 Å². The summed E-state index contributed by atoms with van der Waals surface area (Å²) in [7, 11) is 1.37. The summed E-state index contributed by atoms with van der Waals surface area (Å²) in [4.78, 5) is 10.9. The summed E-state index contributed by atoms with van der Waals surface area (Å²) in [5.41, 5.74) is 5.41. The SMILES string of the molecule is COC(=O)NC1(CN)CCCC1. The first-order valence-corrected chi connectivity index (χ1v) is 4.29. The molecule has 12 heavy (non-hydrogen) atoms. The summed E-state index contributed by atoms with van der Waals surface area (Å²) in [6.07, 6.45) is 3.85. The van der Waals surface area contributed by atoms with E-state index in [1.807, 2.05) is 0 Å². The molecular formula is C8H16N2O2. The molecule has 0 spiro atoms. The summed E-state index contributed by atoms with van der Waals surface area (Å²) < 4.78 is 4.53. The van der Waals surface area contributed by atoms with Gasteiger partial charge in [-0.05, 0) is 12.8 Å². The van der Waals surface area contributed by atoms with Crippen LogP contribution >= 0.6 is 0 Å². The van der Waals surface area contributed by atoms with E-state index in [9.17, 15) is 4.79 Å². The molecule has 0 atom stereocenters. The van der Waals surface area contributed by atoms with Crippen molar-refractivity contribution in [3.63, 3.8) is 0 Å². The fourth-order valence-corrected chi connectivity index (χ4v) is 1.70. The van der Waals surface area contributed by atoms with Crippen molar-refractivity contribution in [2.24, 2.45) is 5.73 Å². The second kappa shape index (κ2) is 3.76. The van der Waals surface area contributed by atoms with Crippen molar-refractivity contribution < 1.29 is 9.53 Å². The number of carbonyl (C=O) groups is 1. The van der Waals surface area contributed by atoms with Crippen LogP contribution in [0.4, 0.5) is 4.79 Å². The minimum Gasteiger partial charge on any atom is -0.453 e. The van der Waals surface area contributed by atoms with Gasteiger partial charge in [-0.1, -0.05) is 12.8 Å². The number of ether oxygens (including phenoxy) is 1. The summed E-state index contributed by atoms with van der Waals surface area (Å²) in [6, 6.07) is 0. The summed E-state index contributed by atoms with van der Waals surface area (Å²) >= 11 is 0. The molecular weight excluding hydrogens is 156 g/mol. The molecule has 4 nitrogen and oxygen atoms in total. The van der Waals surface area contributed by atoms with E-state index in [0.717, 1.165) is 25.7 Å². The molecule has 70 valence electrons. The Morgan fingerprint density at radius 2 is 2.17 bits per heavy atom. The van der Waals surface area contributed by atoms with Crippen molar-refractivity contribution in [3.8, 4) is 0 Å². The maximum Gasteiger partial charge on any atom is 0.407 e. The van der Waals surface area contributed by atoms with E-state index in [2.05, 4.69) is 10.1 Å². The maximum absolute atomic E-state index is 10.9. The highest BCUT2D eigenvalue weighted by atomic mass is 16.5. The van der Waals surface area contributed by atoms with Crippen molar-refractivity contribution >= 4 is 6.09 Å². The molecule has 0 saturated heterocycles. The Labute approximate surface area is 72.5 Å². The lowest BCUT2D eigenvalue weighted by Crippen LogP contribution is -2.51. The van der Waals surface area contributed by atoms with Crippen molar-refractivity contribution in [1.82, 2.24) is 5.32 Å². The molecule has 0 unspecified atom stereocenters. The van der Waals surface area contributed by atoms with Gasteiger partial charge in [-0.2, -0.15) is 0 Å². The van der Waals surface area contributed by atoms with Crippen LogP contribution in [0, 0.1) is 0 Å². The van der Waals surface area contributed by atoms with Gasteiger partial charge in [0.25, 0.3) is 0 Å². The van der Waals surface area contributed by atoms with Crippen LogP contribution < -0.4 is 11.1 Å². The zero-order valence-corrected chi connectivity index (χ0v) is 7.43. The van der Waals surface area contributed by atoms with E-state index in [0.29, 0.717) is 6.54 Å². The molecule has 0 aromatic carbocycles. The van der Waals surface area contributed by atoms with Crippen molar-refractivity contribution in [1.29, 1.82) is 0 Å². The molecule has 0 radical (unpaired) electrons. The number of alkyl carbamates (subject to hydrolysis) is 1. The van der Waals surface area contributed by atoms with Crippen LogP contribution in [0.5, 0.6) is 0 Å². The molecule has 1 aliphatic rings. The van der Waals surface area contributed by atoms with Crippen LogP contribution in [0.1, 0.15) is 25.7 Å². The van der Waals surface area contributed by atoms with E-state index in [1.165, 1.54) is 7.11 Å². The molecule has 0 heterocycles. The van der Waals surface area contributed by atoms with E-state index in [1.54, 1.807) is 0 Å². The zero-order valence-electron chi connectivity index (χ0n) is 7.43. The van der Waals surface area contributed by atoms with Gasteiger partial charge in [0.1, 0.15) is 0 Å². The van der Waals surface area contributed by atoms with Crippen molar-refractivity contribution in [3.05, 3.63) is 0 Å². The monoisotopic (exact) mass is 172 g/mol. The fourth-order valence-electron chi connectivity index (χ4n) is 1.70. The predicted octanol–water partition coefficient (Wildman–Crippen LogP) is 0.614. The number of amides is 1. The number of hydrogen-bond acceptors (Lipinski definition) is 3. The Morgan fingerprint density at radius 1 is 1.58 bits per heavy atom. The molecule has 0 bridgehead atoms. The average Bonchev–Trinajstić information content (AvgIpc) is 2.54. The zero-order chi connectivity index (χ0) is 9.03. The lowest BCUT2D eigenvalue weighted by molar-refractivity contribution is 0.156. The van der Waals surface area contributed by atoms with Gasteiger partial charge in [-0.3, -0.25) is 0 Å². The quantitative estimate of drug-likeness (QED) is 0.641.